The van der Waals surface area contributed by atoms with Gasteiger partial charge in [0.2, 0.25) is 0 Å². The van der Waals surface area contributed by atoms with Crippen LogP contribution in [0.15, 0.2) is 108 Å². The van der Waals surface area contributed by atoms with Crippen LogP contribution in [0.25, 0.3) is 0 Å². The summed E-state index contributed by atoms with van der Waals surface area (Å²) in [5.41, 5.74) is 2.73. The first-order valence-corrected chi connectivity index (χ1v) is 11.0. The summed E-state index contributed by atoms with van der Waals surface area (Å²) in [5, 5.41) is 4.13. The number of allylic oxidation sites excluding steroid dienone is 2. The number of hydrogen-bond acceptors (Lipinski definition) is 1. The molecule has 0 saturated carbocycles. The lowest BCUT2D eigenvalue weighted by Crippen LogP contribution is -2.24. The number of hydrogen-bond donors (Lipinski definition) is 0. The van der Waals surface area contributed by atoms with Crippen LogP contribution in [0.2, 0.25) is 0 Å². The summed E-state index contributed by atoms with van der Waals surface area (Å²) in [7, 11) is 3.71. The molecule has 1 unspecified atom stereocenters. The van der Waals surface area contributed by atoms with E-state index < -0.39 is 7.92 Å². The molecule has 3 aromatic rings. The van der Waals surface area contributed by atoms with Gasteiger partial charge in [-0.1, -0.05) is 97.1 Å². The van der Waals surface area contributed by atoms with Gasteiger partial charge in [-0.25, -0.2) is 0 Å². The first kappa shape index (κ1) is 18.9. The molecule has 1 aliphatic rings. The number of benzene rings is 3. The number of rotatable bonds is 6. The first-order valence-electron chi connectivity index (χ1n) is 9.68. The Bertz CT molecular complexity index is 920. The summed E-state index contributed by atoms with van der Waals surface area (Å²) in [4.78, 5) is 2.32. The molecule has 0 aromatic heterocycles. The van der Waals surface area contributed by atoms with Gasteiger partial charge >= 0.3 is 0 Å². The van der Waals surface area contributed by atoms with Crippen LogP contribution in [0.4, 0.5) is 0 Å². The van der Waals surface area contributed by atoms with Crippen molar-refractivity contribution in [2.45, 2.75) is 12.5 Å². The second-order valence-corrected chi connectivity index (χ2v) is 9.32. The Morgan fingerprint density at radius 3 is 1.75 bits per heavy atom. The molecule has 0 amide bonds. The second-order valence-electron chi connectivity index (χ2n) is 7.17. The quantitative estimate of drug-likeness (QED) is 0.513. The van der Waals surface area contributed by atoms with Crippen molar-refractivity contribution < 1.29 is 0 Å². The molecule has 0 fully saturated rings. The lowest BCUT2D eigenvalue weighted by Gasteiger charge is -2.31. The minimum atomic E-state index is -0.628. The zero-order valence-electron chi connectivity index (χ0n) is 16.4. The van der Waals surface area contributed by atoms with E-state index in [9.17, 15) is 0 Å². The van der Waals surface area contributed by atoms with Gasteiger partial charge in [0.15, 0.2) is 0 Å². The SMILES string of the molecule is CN(C)C(C1=CC[C]=C1P(c1ccccc1)c1ccccc1)c1ccccc1. The van der Waals surface area contributed by atoms with E-state index in [-0.39, 0.29) is 6.04 Å². The molecule has 0 saturated heterocycles. The normalized spacial score (nSPS) is 14.9. The van der Waals surface area contributed by atoms with Crippen molar-refractivity contribution in [3.05, 3.63) is 120 Å². The maximum absolute atomic E-state index is 3.74. The minimum absolute atomic E-state index is 0.239. The molecule has 0 N–H and O–H groups in total. The van der Waals surface area contributed by atoms with Crippen molar-refractivity contribution in [3.8, 4) is 0 Å². The van der Waals surface area contributed by atoms with Gasteiger partial charge in [0.1, 0.15) is 0 Å². The van der Waals surface area contributed by atoms with E-state index in [2.05, 4.69) is 122 Å². The standard InChI is InChI=1S/C26H25NP/c1-27(2)26(21-13-6-3-7-14-21)24-19-12-20-25(24)28(22-15-8-4-9-16-22)23-17-10-5-11-18-23/h3-11,13-19,26H,12H2,1-2H3. The van der Waals surface area contributed by atoms with Crippen molar-refractivity contribution in [1.82, 2.24) is 4.90 Å². The van der Waals surface area contributed by atoms with Crippen LogP contribution in [0.5, 0.6) is 0 Å². The fraction of sp³-hybridized carbons (Fsp3) is 0.154. The molecule has 139 valence electrons. The molecule has 4 rings (SSSR count). The highest BCUT2D eigenvalue weighted by Crippen LogP contribution is 2.52. The predicted molar refractivity (Wildman–Crippen MR) is 121 cm³/mol. The molecular weight excluding hydrogens is 357 g/mol. The van der Waals surface area contributed by atoms with E-state index in [4.69, 9.17) is 0 Å². The lowest BCUT2D eigenvalue weighted by molar-refractivity contribution is 0.341. The second kappa shape index (κ2) is 8.69. The maximum atomic E-state index is 3.74. The third kappa shape index (κ3) is 3.87. The van der Waals surface area contributed by atoms with Crippen LogP contribution in [-0.4, -0.2) is 19.0 Å². The third-order valence-corrected chi connectivity index (χ3v) is 7.54. The van der Waals surface area contributed by atoms with Gasteiger partial charge < -0.3 is 0 Å². The molecular formula is C26H25NP. The van der Waals surface area contributed by atoms with E-state index in [0.717, 1.165) is 6.42 Å². The third-order valence-electron chi connectivity index (χ3n) is 5.04. The van der Waals surface area contributed by atoms with Gasteiger partial charge in [0, 0.05) is 0 Å². The van der Waals surface area contributed by atoms with Crippen LogP contribution in [-0.2, 0) is 0 Å². The highest BCUT2D eigenvalue weighted by Gasteiger charge is 2.30. The van der Waals surface area contributed by atoms with Gasteiger partial charge in [-0.05, 0) is 61.6 Å². The Hall–Kier alpha value is -2.47. The molecule has 3 aromatic carbocycles. The van der Waals surface area contributed by atoms with Gasteiger partial charge in [-0.15, -0.1) is 0 Å². The zero-order chi connectivity index (χ0) is 19.3. The molecule has 0 spiro atoms. The molecule has 28 heavy (non-hydrogen) atoms. The summed E-state index contributed by atoms with van der Waals surface area (Å²) in [6.07, 6.45) is 6.99. The van der Waals surface area contributed by atoms with Crippen molar-refractivity contribution in [2.24, 2.45) is 0 Å². The molecule has 1 aliphatic carbocycles. The summed E-state index contributed by atoms with van der Waals surface area (Å²) in [6, 6.07) is 32.9. The lowest BCUT2D eigenvalue weighted by atomic mass is 9.98. The average molecular weight is 382 g/mol. The fourth-order valence-corrected chi connectivity index (χ4v) is 6.33. The predicted octanol–water partition coefficient (Wildman–Crippen LogP) is 5.44. The van der Waals surface area contributed by atoms with Gasteiger partial charge in [-0.3, -0.25) is 4.90 Å². The Morgan fingerprint density at radius 2 is 1.25 bits per heavy atom. The first-order chi connectivity index (χ1) is 13.8. The van der Waals surface area contributed by atoms with E-state index in [1.807, 2.05) is 0 Å². The highest BCUT2D eigenvalue weighted by atomic mass is 31.1. The molecule has 1 radical (unpaired) electrons. The number of likely N-dealkylation sites (N-methyl/N-ethyl adjacent to an activating group) is 1. The van der Waals surface area contributed by atoms with Gasteiger partial charge in [0.25, 0.3) is 0 Å². The Morgan fingerprint density at radius 1 is 0.750 bits per heavy atom. The Balaban J connectivity index is 1.80. The fourth-order valence-electron chi connectivity index (χ4n) is 3.86. The summed E-state index contributed by atoms with van der Waals surface area (Å²) < 4.78 is 0. The summed E-state index contributed by atoms with van der Waals surface area (Å²) in [6.45, 7) is 0. The van der Waals surface area contributed by atoms with Crippen LogP contribution < -0.4 is 10.6 Å². The van der Waals surface area contributed by atoms with Crippen molar-refractivity contribution >= 4 is 18.5 Å². The molecule has 0 aliphatic heterocycles. The van der Waals surface area contributed by atoms with Crippen LogP contribution >= 0.6 is 7.92 Å². The molecule has 0 heterocycles. The molecule has 1 atom stereocenters. The van der Waals surface area contributed by atoms with E-state index in [0.29, 0.717) is 0 Å². The Labute approximate surface area is 169 Å². The van der Waals surface area contributed by atoms with Crippen molar-refractivity contribution in [2.75, 3.05) is 14.1 Å². The summed E-state index contributed by atoms with van der Waals surface area (Å²) >= 11 is 0. The van der Waals surface area contributed by atoms with Crippen LogP contribution in [0.1, 0.15) is 18.0 Å². The van der Waals surface area contributed by atoms with E-state index >= 15 is 0 Å². The van der Waals surface area contributed by atoms with Crippen LogP contribution in [0.3, 0.4) is 0 Å². The maximum Gasteiger partial charge on any atom is 0.0600 e. The van der Waals surface area contributed by atoms with E-state index in [1.54, 1.807) is 0 Å². The molecule has 1 nitrogen and oxygen atoms in total. The van der Waals surface area contributed by atoms with Crippen molar-refractivity contribution in [1.29, 1.82) is 0 Å². The topological polar surface area (TPSA) is 3.24 Å². The average Bonchev–Trinajstić information content (AvgIpc) is 3.19. The van der Waals surface area contributed by atoms with Crippen molar-refractivity contribution in [3.63, 3.8) is 0 Å². The molecule has 2 heteroatoms. The zero-order valence-corrected chi connectivity index (χ0v) is 17.3. The highest BCUT2D eigenvalue weighted by molar-refractivity contribution is 7.77. The molecule has 0 bridgehead atoms. The summed E-state index contributed by atoms with van der Waals surface area (Å²) in [5.74, 6) is 0. The monoisotopic (exact) mass is 382 g/mol. The van der Waals surface area contributed by atoms with Crippen LogP contribution in [0, 0.1) is 6.08 Å². The van der Waals surface area contributed by atoms with E-state index in [1.165, 1.54) is 27.1 Å². The largest absolute Gasteiger partial charge is 0.299 e. The number of nitrogens with zero attached hydrogens (tertiary/aromatic N) is 1. The van der Waals surface area contributed by atoms with Gasteiger partial charge in [0.05, 0.1) is 6.04 Å². The smallest absolute Gasteiger partial charge is 0.0600 e. The van der Waals surface area contributed by atoms with Gasteiger partial charge in [-0.2, -0.15) is 0 Å². The Kier molecular flexibility index (Phi) is 5.86. The minimum Gasteiger partial charge on any atom is -0.299 e.